The Balaban J connectivity index is 0.00000420. The van der Waals surface area contributed by atoms with Crippen LogP contribution in [0.15, 0.2) is 48.5 Å². The maximum atomic E-state index is 12.1. The highest BCUT2D eigenvalue weighted by Gasteiger charge is 2.25. The van der Waals surface area contributed by atoms with Gasteiger partial charge in [-0.25, -0.2) is 13.2 Å². The number of nitrogens with one attached hydrogen (secondary N) is 2. The Labute approximate surface area is 174 Å². The van der Waals surface area contributed by atoms with Gasteiger partial charge in [-0.2, -0.15) is 0 Å². The maximum absolute atomic E-state index is 12.1. The van der Waals surface area contributed by atoms with Gasteiger partial charge in [-0.3, -0.25) is 15.4 Å². The van der Waals surface area contributed by atoms with Crippen molar-refractivity contribution >= 4 is 39.6 Å². The third-order valence-corrected chi connectivity index (χ3v) is 5.37. The number of benzene rings is 2. The van der Waals surface area contributed by atoms with Gasteiger partial charge in [0, 0.05) is 25.4 Å². The summed E-state index contributed by atoms with van der Waals surface area (Å²) in [4.78, 5) is 22.6. The van der Waals surface area contributed by atoms with Gasteiger partial charge in [0.1, 0.15) is 11.1 Å². The van der Waals surface area contributed by atoms with E-state index in [0.717, 1.165) is 18.9 Å². The lowest BCUT2D eigenvalue weighted by atomic mass is 10.1. The number of rotatable bonds is 9. The number of carbonyl (C=O) groups is 1. The van der Waals surface area contributed by atoms with Gasteiger partial charge in [0.05, 0.1) is 17.6 Å². The van der Waals surface area contributed by atoms with Crippen LogP contribution >= 0.6 is 12.4 Å². The van der Waals surface area contributed by atoms with E-state index in [1.165, 1.54) is 18.2 Å². The molecule has 0 radical (unpaired) electrons. The van der Waals surface area contributed by atoms with Crippen LogP contribution in [0.5, 0.6) is 0 Å². The molecule has 0 aromatic heterocycles. The van der Waals surface area contributed by atoms with Crippen molar-refractivity contribution in [3.05, 3.63) is 69.8 Å². The molecule has 0 saturated heterocycles. The standard InChI is InChI=1S/C18H21N3O6S.ClH/c1-27-18(22)14-9-6-10-15(21(23)24)17(14)20-12-16(28(2,25)26)19-11-13-7-4-3-5-8-13;/h3-10,16,19-20H,11-12H2,1-2H3;1H. The van der Waals surface area contributed by atoms with Crippen molar-refractivity contribution in [1.82, 2.24) is 5.32 Å². The molecule has 2 aromatic carbocycles. The van der Waals surface area contributed by atoms with Gasteiger partial charge in [-0.1, -0.05) is 36.4 Å². The van der Waals surface area contributed by atoms with E-state index in [1.54, 1.807) is 0 Å². The first kappa shape index (κ1) is 24.3. The number of nitro groups is 1. The molecule has 0 aliphatic carbocycles. The Hall–Kier alpha value is -2.69. The SMILES string of the molecule is COC(=O)c1cccc([N+](=O)[O-])c1NCC(NCc1ccccc1)S(C)(=O)=O.Cl. The number of esters is 1. The summed E-state index contributed by atoms with van der Waals surface area (Å²) in [6.45, 7) is 0.113. The topological polar surface area (TPSA) is 128 Å². The van der Waals surface area contributed by atoms with Crippen molar-refractivity contribution in [2.24, 2.45) is 0 Å². The summed E-state index contributed by atoms with van der Waals surface area (Å²) >= 11 is 0. The quantitative estimate of drug-likeness (QED) is 0.343. The van der Waals surface area contributed by atoms with Crippen LogP contribution in [0.1, 0.15) is 15.9 Å². The van der Waals surface area contributed by atoms with Crippen molar-refractivity contribution in [1.29, 1.82) is 0 Å². The molecule has 0 aliphatic rings. The van der Waals surface area contributed by atoms with Gasteiger partial charge >= 0.3 is 5.97 Å². The molecule has 2 rings (SSSR count). The van der Waals surface area contributed by atoms with Crippen LogP contribution in [-0.2, 0) is 21.1 Å². The van der Waals surface area contributed by atoms with Crippen LogP contribution in [-0.4, -0.2) is 44.6 Å². The van der Waals surface area contributed by atoms with Gasteiger partial charge in [-0.15, -0.1) is 12.4 Å². The molecule has 0 saturated carbocycles. The van der Waals surface area contributed by atoms with Crippen LogP contribution < -0.4 is 10.6 Å². The number of nitro benzene ring substituents is 1. The largest absolute Gasteiger partial charge is 0.465 e. The molecule has 0 aliphatic heterocycles. The van der Waals surface area contributed by atoms with Crippen molar-refractivity contribution in [3.8, 4) is 0 Å². The summed E-state index contributed by atoms with van der Waals surface area (Å²) in [6, 6.07) is 13.2. The van der Waals surface area contributed by atoms with Crippen molar-refractivity contribution in [3.63, 3.8) is 0 Å². The molecule has 1 atom stereocenters. The minimum absolute atomic E-state index is 0. The fourth-order valence-corrected chi connectivity index (χ4v) is 3.33. The van der Waals surface area contributed by atoms with Gasteiger partial charge in [0.2, 0.25) is 0 Å². The molecule has 0 heterocycles. The van der Waals surface area contributed by atoms with Crippen LogP contribution in [0.3, 0.4) is 0 Å². The van der Waals surface area contributed by atoms with Gasteiger partial charge < -0.3 is 10.1 Å². The second-order valence-corrected chi connectivity index (χ2v) is 8.24. The first-order valence-electron chi connectivity index (χ1n) is 8.29. The maximum Gasteiger partial charge on any atom is 0.340 e. The third kappa shape index (κ3) is 6.70. The lowest BCUT2D eigenvalue weighted by Crippen LogP contribution is -2.41. The molecule has 0 spiro atoms. The lowest BCUT2D eigenvalue weighted by molar-refractivity contribution is -0.384. The Morgan fingerprint density at radius 2 is 1.83 bits per heavy atom. The molecular weight excluding hydrogens is 422 g/mol. The highest BCUT2D eigenvalue weighted by molar-refractivity contribution is 7.91. The Kier molecular flexibility index (Phi) is 9.02. The number of anilines is 1. The summed E-state index contributed by atoms with van der Waals surface area (Å²) in [5.41, 5.74) is 0.400. The molecule has 2 aromatic rings. The number of hydrogen-bond acceptors (Lipinski definition) is 8. The van der Waals surface area contributed by atoms with Gasteiger partial charge in [-0.05, 0) is 11.6 Å². The molecule has 0 fully saturated rings. The Morgan fingerprint density at radius 3 is 2.38 bits per heavy atom. The monoisotopic (exact) mass is 443 g/mol. The lowest BCUT2D eigenvalue weighted by Gasteiger charge is -2.19. The van der Waals surface area contributed by atoms with Crippen molar-refractivity contribution in [2.75, 3.05) is 25.2 Å². The zero-order chi connectivity index (χ0) is 20.7. The predicted molar refractivity (Wildman–Crippen MR) is 112 cm³/mol. The van der Waals surface area contributed by atoms with E-state index in [4.69, 9.17) is 0 Å². The second-order valence-electron chi connectivity index (χ2n) is 6.01. The minimum Gasteiger partial charge on any atom is -0.465 e. The molecule has 1 unspecified atom stereocenters. The fraction of sp³-hybridized carbons (Fsp3) is 0.278. The van der Waals surface area contributed by atoms with Gasteiger partial charge in [0.15, 0.2) is 9.84 Å². The number of carbonyl (C=O) groups excluding carboxylic acids is 1. The molecule has 158 valence electrons. The van der Waals surface area contributed by atoms with E-state index in [1.807, 2.05) is 30.3 Å². The number of halogens is 1. The molecule has 11 heteroatoms. The number of sulfone groups is 1. The van der Waals surface area contributed by atoms with E-state index >= 15 is 0 Å². The summed E-state index contributed by atoms with van der Waals surface area (Å²) in [5, 5.41) is 15.9. The van der Waals surface area contributed by atoms with E-state index < -0.39 is 26.1 Å². The van der Waals surface area contributed by atoms with Crippen LogP contribution in [0, 0.1) is 10.1 Å². The molecule has 9 nitrogen and oxygen atoms in total. The Bertz CT molecular complexity index is 953. The van der Waals surface area contributed by atoms with E-state index in [-0.39, 0.29) is 35.9 Å². The van der Waals surface area contributed by atoms with Crippen molar-refractivity contribution in [2.45, 2.75) is 11.9 Å². The number of para-hydroxylation sites is 1. The zero-order valence-electron chi connectivity index (χ0n) is 15.8. The number of hydrogen-bond donors (Lipinski definition) is 2. The number of ether oxygens (including phenoxy) is 1. The highest BCUT2D eigenvalue weighted by atomic mass is 35.5. The highest BCUT2D eigenvalue weighted by Crippen LogP contribution is 2.29. The minimum atomic E-state index is -3.54. The first-order chi connectivity index (χ1) is 13.2. The smallest absolute Gasteiger partial charge is 0.340 e. The van der Waals surface area contributed by atoms with Crippen LogP contribution in [0.25, 0.3) is 0 Å². The molecule has 0 amide bonds. The second kappa shape index (κ2) is 10.7. The summed E-state index contributed by atoms with van der Waals surface area (Å²) in [6.07, 6.45) is 1.07. The Morgan fingerprint density at radius 1 is 1.17 bits per heavy atom. The number of nitrogens with zero attached hydrogens (tertiary/aromatic N) is 1. The van der Waals surface area contributed by atoms with E-state index in [9.17, 15) is 23.3 Å². The average molecular weight is 444 g/mol. The van der Waals surface area contributed by atoms with E-state index in [0.29, 0.717) is 6.54 Å². The van der Waals surface area contributed by atoms with Gasteiger partial charge in [0.25, 0.3) is 5.69 Å². The predicted octanol–water partition coefficient (Wildman–Crippen LogP) is 2.38. The third-order valence-electron chi connectivity index (χ3n) is 4.00. The zero-order valence-corrected chi connectivity index (χ0v) is 17.5. The van der Waals surface area contributed by atoms with Crippen molar-refractivity contribution < 1.29 is 22.9 Å². The van der Waals surface area contributed by atoms with E-state index in [2.05, 4.69) is 15.4 Å². The molecular formula is C18H22ClN3O6S. The normalized spacial score (nSPS) is 11.8. The molecule has 29 heavy (non-hydrogen) atoms. The summed E-state index contributed by atoms with van der Waals surface area (Å²) in [5.74, 6) is -0.764. The first-order valence-corrected chi connectivity index (χ1v) is 10.2. The average Bonchev–Trinajstić information content (AvgIpc) is 2.66. The van der Waals surface area contributed by atoms with Crippen LogP contribution in [0.4, 0.5) is 11.4 Å². The molecule has 0 bridgehead atoms. The number of methoxy groups -OCH3 is 1. The fourth-order valence-electron chi connectivity index (χ4n) is 2.56. The summed E-state index contributed by atoms with van der Waals surface area (Å²) in [7, 11) is -2.38. The molecule has 2 N–H and O–H groups in total. The van der Waals surface area contributed by atoms with Crippen LogP contribution in [0.2, 0.25) is 0 Å². The summed E-state index contributed by atoms with van der Waals surface area (Å²) < 4.78 is 28.9.